The largest absolute Gasteiger partial charge is 0.396 e. The fourth-order valence-corrected chi connectivity index (χ4v) is 3.97. The zero-order valence-electron chi connectivity index (χ0n) is 11.7. The standard InChI is InChI=1S/C15H22ClN3O/c16-13-2-1-6-18-14(13)19-8-4-15(5-9-19)3-7-17-10-12(15)11-20/h1-2,6,12,17,20H,3-5,7-11H2/t12-/m1/s1. The maximum atomic E-state index is 9.65. The minimum atomic E-state index is 0.289. The van der Waals surface area contributed by atoms with Crippen LogP contribution in [-0.2, 0) is 0 Å². The predicted molar refractivity (Wildman–Crippen MR) is 81.2 cm³/mol. The molecule has 1 aromatic rings. The summed E-state index contributed by atoms with van der Waals surface area (Å²) in [4.78, 5) is 6.69. The van der Waals surface area contributed by atoms with Crippen molar-refractivity contribution in [2.75, 3.05) is 37.7 Å². The predicted octanol–water partition coefficient (Wildman–Crippen LogP) is 1.92. The van der Waals surface area contributed by atoms with Gasteiger partial charge in [-0.15, -0.1) is 0 Å². The summed E-state index contributed by atoms with van der Waals surface area (Å²) in [6, 6.07) is 3.77. The quantitative estimate of drug-likeness (QED) is 0.875. The Bertz CT molecular complexity index is 460. The van der Waals surface area contributed by atoms with Gasteiger partial charge in [0.2, 0.25) is 0 Å². The van der Waals surface area contributed by atoms with Crippen molar-refractivity contribution in [3.05, 3.63) is 23.4 Å². The summed E-state index contributed by atoms with van der Waals surface area (Å²) < 4.78 is 0. The molecule has 3 rings (SSSR count). The van der Waals surface area contributed by atoms with Crippen LogP contribution >= 0.6 is 11.6 Å². The lowest BCUT2D eigenvalue weighted by atomic mass is 9.65. The number of rotatable bonds is 2. The van der Waals surface area contributed by atoms with Crippen molar-refractivity contribution >= 4 is 17.4 Å². The first-order chi connectivity index (χ1) is 9.75. The molecule has 1 aromatic heterocycles. The first-order valence-corrected chi connectivity index (χ1v) is 7.80. The van der Waals surface area contributed by atoms with Gasteiger partial charge in [-0.2, -0.15) is 0 Å². The van der Waals surface area contributed by atoms with Crippen LogP contribution in [0.15, 0.2) is 18.3 Å². The molecule has 1 spiro atoms. The number of aliphatic hydroxyl groups is 1. The van der Waals surface area contributed by atoms with E-state index in [1.54, 1.807) is 6.20 Å². The fourth-order valence-electron chi connectivity index (χ4n) is 3.72. The van der Waals surface area contributed by atoms with E-state index in [1.807, 2.05) is 12.1 Å². The molecule has 0 saturated carbocycles. The lowest BCUT2D eigenvalue weighted by Gasteiger charge is -2.49. The Labute approximate surface area is 125 Å². The average Bonchev–Trinajstić information content (AvgIpc) is 2.49. The summed E-state index contributed by atoms with van der Waals surface area (Å²) in [6.07, 6.45) is 5.20. The second-order valence-corrected chi connectivity index (χ2v) is 6.40. The Balaban J connectivity index is 1.71. The molecule has 2 aliphatic heterocycles. The Morgan fingerprint density at radius 2 is 2.20 bits per heavy atom. The van der Waals surface area contributed by atoms with E-state index in [0.717, 1.165) is 49.9 Å². The third-order valence-corrected chi connectivity index (χ3v) is 5.37. The van der Waals surface area contributed by atoms with Gasteiger partial charge >= 0.3 is 0 Å². The van der Waals surface area contributed by atoms with E-state index in [0.29, 0.717) is 11.3 Å². The van der Waals surface area contributed by atoms with Crippen LogP contribution in [0, 0.1) is 11.3 Å². The molecule has 3 heterocycles. The number of anilines is 1. The number of hydrogen-bond donors (Lipinski definition) is 2. The minimum absolute atomic E-state index is 0.289. The molecule has 2 saturated heterocycles. The van der Waals surface area contributed by atoms with E-state index in [-0.39, 0.29) is 6.61 Å². The molecule has 0 aromatic carbocycles. The summed E-state index contributed by atoms with van der Waals surface area (Å²) in [6.45, 7) is 4.26. The first kappa shape index (κ1) is 14.1. The molecule has 0 aliphatic carbocycles. The van der Waals surface area contributed by atoms with Gasteiger partial charge in [-0.25, -0.2) is 4.98 Å². The molecule has 2 aliphatic rings. The average molecular weight is 296 g/mol. The van der Waals surface area contributed by atoms with Gasteiger partial charge in [-0.05, 0) is 43.4 Å². The number of piperidine rings is 2. The number of nitrogens with one attached hydrogen (secondary N) is 1. The normalized spacial score (nSPS) is 25.9. The number of hydrogen-bond acceptors (Lipinski definition) is 4. The summed E-state index contributed by atoms with van der Waals surface area (Å²) in [5, 5.41) is 13.8. The smallest absolute Gasteiger partial charge is 0.147 e. The molecular formula is C15H22ClN3O. The molecule has 110 valence electrons. The van der Waals surface area contributed by atoms with Crippen LogP contribution in [0.25, 0.3) is 0 Å². The highest BCUT2D eigenvalue weighted by Gasteiger charge is 2.42. The van der Waals surface area contributed by atoms with E-state index in [9.17, 15) is 5.11 Å². The Kier molecular flexibility index (Phi) is 4.15. The van der Waals surface area contributed by atoms with Gasteiger partial charge in [0.15, 0.2) is 0 Å². The van der Waals surface area contributed by atoms with Crippen molar-refractivity contribution < 1.29 is 5.11 Å². The molecule has 20 heavy (non-hydrogen) atoms. The van der Waals surface area contributed by atoms with E-state index < -0.39 is 0 Å². The lowest BCUT2D eigenvalue weighted by molar-refractivity contribution is 0.0326. The fraction of sp³-hybridized carbons (Fsp3) is 0.667. The van der Waals surface area contributed by atoms with Crippen LogP contribution in [0.3, 0.4) is 0 Å². The second-order valence-electron chi connectivity index (χ2n) is 5.99. The first-order valence-electron chi connectivity index (χ1n) is 7.42. The minimum Gasteiger partial charge on any atom is -0.396 e. The molecule has 0 radical (unpaired) electrons. The molecule has 2 fully saturated rings. The Morgan fingerprint density at radius 1 is 1.40 bits per heavy atom. The molecule has 1 atom stereocenters. The SMILES string of the molecule is OC[C@H]1CNCCC12CCN(c1ncccc1Cl)CC2. The number of halogens is 1. The van der Waals surface area contributed by atoms with Crippen LogP contribution in [0.2, 0.25) is 5.02 Å². The molecule has 4 nitrogen and oxygen atoms in total. The molecule has 0 unspecified atom stereocenters. The molecule has 0 amide bonds. The van der Waals surface area contributed by atoms with Gasteiger partial charge in [0.1, 0.15) is 5.82 Å². The number of pyridine rings is 1. The number of nitrogens with zero attached hydrogens (tertiary/aromatic N) is 2. The van der Waals surface area contributed by atoms with Gasteiger partial charge in [-0.3, -0.25) is 0 Å². The highest BCUT2D eigenvalue weighted by atomic mass is 35.5. The van der Waals surface area contributed by atoms with Crippen LogP contribution in [0.4, 0.5) is 5.82 Å². The third-order valence-electron chi connectivity index (χ3n) is 5.07. The molecule has 0 bridgehead atoms. The topological polar surface area (TPSA) is 48.4 Å². The monoisotopic (exact) mass is 295 g/mol. The van der Waals surface area contributed by atoms with Gasteiger partial charge in [0.05, 0.1) is 5.02 Å². The summed E-state index contributed by atoms with van der Waals surface area (Å²) in [7, 11) is 0. The van der Waals surface area contributed by atoms with Crippen molar-refractivity contribution in [2.45, 2.75) is 19.3 Å². The van der Waals surface area contributed by atoms with Gasteiger partial charge in [0.25, 0.3) is 0 Å². The van der Waals surface area contributed by atoms with Crippen LogP contribution in [0.1, 0.15) is 19.3 Å². The summed E-state index contributed by atoms with van der Waals surface area (Å²) in [5.74, 6) is 1.29. The van der Waals surface area contributed by atoms with Crippen molar-refractivity contribution in [3.8, 4) is 0 Å². The van der Waals surface area contributed by atoms with Crippen molar-refractivity contribution in [1.29, 1.82) is 0 Å². The van der Waals surface area contributed by atoms with Crippen LogP contribution < -0.4 is 10.2 Å². The number of aliphatic hydroxyl groups excluding tert-OH is 1. The van der Waals surface area contributed by atoms with E-state index >= 15 is 0 Å². The molecular weight excluding hydrogens is 274 g/mol. The highest BCUT2D eigenvalue weighted by Crippen LogP contribution is 2.44. The summed E-state index contributed by atoms with van der Waals surface area (Å²) in [5.41, 5.74) is 0.303. The molecule has 5 heteroatoms. The van der Waals surface area contributed by atoms with Crippen molar-refractivity contribution in [2.24, 2.45) is 11.3 Å². The van der Waals surface area contributed by atoms with Gasteiger partial charge in [-0.1, -0.05) is 11.6 Å². The third kappa shape index (κ3) is 2.52. The van der Waals surface area contributed by atoms with Crippen LogP contribution in [0.5, 0.6) is 0 Å². The van der Waals surface area contributed by atoms with E-state index in [2.05, 4.69) is 15.2 Å². The van der Waals surface area contributed by atoms with Gasteiger partial charge < -0.3 is 15.3 Å². The van der Waals surface area contributed by atoms with Gasteiger partial charge in [0, 0.05) is 38.4 Å². The zero-order chi connectivity index (χ0) is 14.0. The summed E-state index contributed by atoms with van der Waals surface area (Å²) >= 11 is 6.24. The lowest BCUT2D eigenvalue weighted by Crippen LogP contribution is -2.52. The van der Waals surface area contributed by atoms with Crippen LogP contribution in [-0.4, -0.2) is 42.9 Å². The molecule has 2 N–H and O–H groups in total. The van der Waals surface area contributed by atoms with E-state index in [4.69, 9.17) is 11.6 Å². The van der Waals surface area contributed by atoms with Crippen molar-refractivity contribution in [3.63, 3.8) is 0 Å². The second kappa shape index (κ2) is 5.88. The highest BCUT2D eigenvalue weighted by molar-refractivity contribution is 6.32. The van der Waals surface area contributed by atoms with Crippen molar-refractivity contribution in [1.82, 2.24) is 10.3 Å². The maximum Gasteiger partial charge on any atom is 0.147 e. The zero-order valence-corrected chi connectivity index (χ0v) is 12.4. The Morgan fingerprint density at radius 3 is 2.90 bits per heavy atom. The number of aromatic nitrogens is 1. The van der Waals surface area contributed by atoms with E-state index in [1.165, 1.54) is 6.42 Å². The maximum absolute atomic E-state index is 9.65. The Hall–Kier alpha value is -0.840.